The smallest absolute Gasteiger partial charge is 0.310 e. The van der Waals surface area contributed by atoms with Crippen LogP contribution in [-0.2, 0) is 16.0 Å². The third-order valence-electron chi connectivity index (χ3n) is 3.94. The van der Waals surface area contributed by atoms with Crippen LogP contribution in [0, 0.1) is 11.7 Å². The number of rotatable bonds is 4. The van der Waals surface area contributed by atoms with Gasteiger partial charge in [-0.25, -0.2) is 4.39 Å². The normalized spacial score (nSPS) is 20.2. The van der Waals surface area contributed by atoms with Crippen molar-refractivity contribution in [3.05, 3.63) is 57.8 Å². The Morgan fingerprint density at radius 1 is 1.17 bits per heavy atom. The molecule has 0 spiro atoms. The highest BCUT2D eigenvalue weighted by atomic mass is 35.5. The van der Waals surface area contributed by atoms with Gasteiger partial charge in [-0.3, -0.25) is 4.79 Å². The Bertz CT molecular complexity index is 744. The standard InChI is InChI=1S/C17H13Cl2FO3S/c18-14-6-10(9-1-3-12(20)4-2-9)7-15(19)13(14)5-11-8-16(24-22)23-17(11)21/h1-4,6-7,11,16,22H,5,8H2. The molecule has 2 atom stereocenters. The minimum Gasteiger partial charge on any atom is -0.449 e. The average molecular weight is 387 g/mol. The van der Waals surface area contributed by atoms with Gasteiger partial charge in [0.2, 0.25) is 0 Å². The van der Waals surface area contributed by atoms with E-state index in [2.05, 4.69) is 0 Å². The first-order chi connectivity index (χ1) is 11.5. The summed E-state index contributed by atoms with van der Waals surface area (Å²) in [5.41, 5.74) is 1.68. The van der Waals surface area contributed by atoms with Gasteiger partial charge in [-0.2, -0.15) is 0 Å². The number of hydrogen-bond acceptors (Lipinski definition) is 4. The molecule has 1 heterocycles. The number of carbonyl (C=O) groups is 1. The zero-order valence-electron chi connectivity index (χ0n) is 12.3. The fourth-order valence-electron chi connectivity index (χ4n) is 2.69. The number of cyclic esters (lactones) is 1. The van der Waals surface area contributed by atoms with Crippen molar-refractivity contribution in [2.75, 3.05) is 0 Å². The van der Waals surface area contributed by atoms with E-state index in [1.165, 1.54) is 12.1 Å². The quantitative estimate of drug-likeness (QED) is 0.561. The molecule has 3 nitrogen and oxygen atoms in total. The second-order valence-corrected chi connectivity index (χ2v) is 7.08. The molecule has 24 heavy (non-hydrogen) atoms. The molecule has 7 heteroatoms. The minimum atomic E-state index is -0.543. The molecule has 0 bridgehead atoms. The van der Waals surface area contributed by atoms with Crippen LogP contribution in [0.25, 0.3) is 11.1 Å². The zero-order valence-corrected chi connectivity index (χ0v) is 14.7. The van der Waals surface area contributed by atoms with Crippen molar-refractivity contribution in [2.45, 2.75) is 18.3 Å². The minimum absolute atomic E-state index is 0.316. The molecule has 0 aliphatic carbocycles. The van der Waals surface area contributed by atoms with E-state index in [9.17, 15) is 9.18 Å². The molecule has 2 aromatic rings. The lowest BCUT2D eigenvalue weighted by molar-refractivity contribution is -0.142. The summed E-state index contributed by atoms with van der Waals surface area (Å²) in [5, 5.41) is 0.879. The average Bonchev–Trinajstić information content (AvgIpc) is 2.91. The summed E-state index contributed by atoms with van der Waals surface area (Å²) in [5.74, 6) is -1.07. The van der Waals surface area contributed by atoms with Crippen molar-refractivity contribution < 1.29 is 18.5 Å². The fraction of sp³-hybridized carbons (Fsp3) is 0.235. The van der Waals surface area contributed by atoms with Gasteiger partial charge >= 0.3 is 5.97 Å². The molecule has 2 aromatic carbocycles. The van der Waals surface area contributed by atoms with Gasteiger partial charge in [0.15, 0.2) is 5.44 Å². The molecule has 1 aliphatic rings. The van der Waals surface area contributed by atoms with Crippen LogP contribution >= 0.6 is 35.2 Å². The maximum atomic E-state index is 13.0. The molecule has 3 rings (SSSR count). The van der Waals surface area contributed by atoms with Crippen molar-refractivity contribution in [1.29, 1.82) is 0 Å². The highest BCUT2D eigenvalue weighted by Gasteiger charge is 2.35. The third kappa shape index (κ3) is 3.70. The SMILES string of the molecule is O=C1OC(SO)CC1Cc1c(Cl)cc(-c2ccc(F)cc2)cc1Cl. The van der Waals surface area contributed by atoms with Crippen molar-refractivity contribution in [2.24, 2.45) is 5.92 Å². The Hall–Kier alpha value is -1.27. The molecule has 0 radical (unpaired) electrons. The van der Waals surface area contributed by atoms with E-state index in [1.807, 2.05) is 0 Å². The molecule has 0 amide bonds. The van der Waals surface area contributed by atoms with E-state index < -0.39 is 5.44 Å². The monoisotopic (exact) mass is 386 g/mol. The Balaban J connectivity index is 1.85. The van der Waals surface area contributed by atoms with Crippen LogP contribution in [-0.4, -0.2) is 16.0 Å². The summed E-state index contributed by atoms with van der Waals surface area (Å²) in [7, 11) is 0. The highest BCUT2D eigenvalue weighted by Crippen LogP contribution is 2.36. The van der Waals surface area contributed by atoms with Crippen LogP contribution in [0.3, 0.4) is 0 Å². The number of hydrogen-bond donors (Lipinski definition) is 1. The Morgan fingerprint density at radius 2 is 1.79 bits per heavy atom. The molecule has 1 saturated heterocycles. The molecule has 1 fully saturated rings. The lowest BCUT2D eigenvalue weighted by Crippen LogP contribution is -2.11. The Labute approximate surface area is 152 Å². The van der Waals surface area contributed by atoms with Gasteiger partial charge in [-0.05, 0) is 47.4 Å². The number of benzene rings is 2. The first-order valence-electron chi connectivity index (χ1n) is 7.22. The van der Waals surface area contributed by atoms with E-state index >= 15 is 0 Å². The van der Waals surface area contributed by atoms with Gasteiger partial charge in [-0.15, -0.1) is 0 Å². The zero-order chi connectivity index (χ0) is 17.3. The molecule has 1 aliphatic heterocycles. The predicted molar refractivity (Wildman–Crippen MR) is 93.8 cm³/mol. The molecule has 2 unspecified atom stereocenters. The molecule has 0 saturated carbocycles. The van der Waals surface area contributed by atoms with Crippen molar-refractivity contribution in [3.63, 3.8) is 0 Å². The molecular formula is C17H13Cl2FO3S. The van der Waals surface area contributed by atoms with Crippen LogP contribution in [0.15, 0.2) is 36.4 Å². The van der Waals surface area contributed by atoms with Gasteiger partial charge in [0, 0.05) is 28.5 Å². The molecular weight excluding hydrogens is 374 g/mol. The fourth-order valence-corrected chi connectivity index (χ4v) is 3.78. The Kier molecular flexibility index (Phi) is 5.35. The van der Waals surface area contributed by atoms with Gasteiger partial charge < -0.3 is 9.29 Å². The first kappa shape index (κ1) is 17.5. The van der Waals surface area contributed by atoms with Crippen molar-refractivity contribution in [3.8, 4) is 11.1 Å². The molecule has 126 valence electrons. The lowest BCUT2D eigenvalue weighted by atomic mass is 9.96. The van der Waals surface area contributed by atoms with Crippen molar-refractivity contribution >= 4 is 41.2 Å². The number of ether oxygens (including phenoxy) is 1. The summed E-state index contributed by atoms with van der Waals surface area (Å²) in [6, 6.07) is 9.52. The van der Waals surface area contributed by atoms with E-state index in [0.29, 0.717) is 40.5 Å². The van der Waals surface area contributed by atoms with Crippen LogP contribution in [0.5, 0.6) is 0 Å². The van der Waals surface area contributed by atoms with E-state index in [1.54, 1.807) is 24.3 Å². The largest absolute Gasteiger partial charge is 0.449 e. The summed E-state index contributed by atoms with van der Waals surface area (Å²) < 4.78 is 27.1. The second kappa shape index (κ2) is 7.31. The van der Waals surface area contributed by atoms with Gasteiger partial charge in [-0.1, -0.05) is 35.3 Å². The second-order valence-electron chi connectivity index (χ2n) is 5.53. The number of esters is 1. The topological polar surface area (TPSA) is 46.5 Å². The highest BCUT2D eigenvalue weighted by molar-refractivity contribution is 7.94. The van der Waals surface area contributed by atoms with Gasteiger partial charge in [0.05, 0.1) is 5.92 Å². The first-order valence-corrected chi connectivity index (χ1v) is 8.81. The van der Waals surface area contributed by atoms with Crippen LogP contribution < -0.4 is 0 Å². The van der Waals surface area contributed by atoms with Crippen LogP contribution in [0.2, 0.25) is 10.0 Å². The summed E-state index contributed by atoms with van der Waals surface area (Å²) in [6.45, 7) is 0. The van der Waals surface area contributed by atoms with Crippen LogP contribution in [0.4, 0.5) is 4.39 Å². The maximum Gasteiger partial charge on any atom is 0.310 e. The molecule has 1 N–H and O–H groups in total. The van der Waals surface area contributed by atoms with E-state index in [4.69, 9.17) is 32.5 Å². The summed E-state index contributed by atoms with van der Waals surface area (Å²) in [6.07, 6.45) is 0.754. The van der Waals surface area contributed by atoms with Crippen molar-refractivity contribution in [1.82, 2.24) is 0 Å². The number of carbonyl (C=O) groups excluding carboxylic acids is 1. The number of halogens is 3. The summed E-state index contributed by atoms with van der Waals surface area (Å²) in [4.78, 5) is 11.8. The van der Waals surface area contributed by atoms with Gasteiger partial charge in [0.1, 0.15) is 5.82 Å². The van der Waals surface area contributed by atoms with Crippen LogP contribution in [0.1, 0.15) is 12.0 Å². The Morgan fingerprint density at radius 3 is 2.33 bits per heavy atom. The lowest BCUT2D eigenvalue weighted by Gasteiger charge is -2.12. The van der Waals surface area contributed by atoms with E-state index in [0.717, 1.165) is 11.1 Å². The maximum absolute atomic E-state index is 13.0. The van der Waals surface area contributed by atoms with E-state index in [-0.39, 0.29) is 17.7 Å². The van der Waals surface area contributed by atoms with Gasteiger partial charge in [0.25, 0.3) is 0 Å². The predicted octanol–water partition coefficient (Wildman–Crippen LogP) is 5.44. The summed E-state index contributed by atoms with van der Waals surface area (Å²) >= 11 is 13.2. The molecule has 0 aromatic heterocycles. The third-order valence-corrected chi connectivity index (χ3v) is 5.14.